The van der Waals surface area contributed by atoms with Crippen molar-refractivity contribution in [2.75, 3.05) is 44.4 Å². The second-order valence-corrected chi connectivity index (χ2v) is 5.01. The van der Waals surface area contributed by atoms with Gasteiger partial charge in [-0.25, -0.2) is 0 Å². The number of nitriles is 1. The van der Waals surface area contributed by atoms with Gasteiger partial charge in [-0.15, -0.1) is 0 Å². The number of halogens is 1. The van der Waals surface area contributed by atoms with Crippen molar-refractivity contribution < 1.29 is 9.47 Å². The Morgan fingerprint density at radius 1 is 1.15 bits per heavy atom. The number of hydrogen-bond acceptors (Lipinski definition) is 4. The topological polar surface area (TPSA) is 45.5 Å². The molecule has 0 aliphatic rings. The highest BCUT2D eigenvalue weighted by Crippen LogP contribution is 2.27. The zero-order valence-electron chi connectivity index (χ0n) is 12.1. The predicted molar refractivity (Wildman–Crippen MR) is 84.1 cm³/mol. The number of hydrogen-bond donors (Lipinski definition) is 0. The van der Waals surface area contributed by atoms with Crippen molar-refractivity contribution >= 4 is 21.6 Å². The molecule has 20 heavy (non-hydrogen) atoms. The summed E-state index contributed by atoms with van der Waals surface area (Å²) in [6.45, 7) is 8.35. The summed E-state index contributed by atoms with van der Waals surface area (Å²) < 4.78 is 11.8. The van der Waals surface area contributed by atoms with E-state index in [4.69, 9.17) is 14.7 Å². The van der Waals surface area contributed by atoms with Crippen molar-refractivity contribution in [1.82, 2.24) is 0 Å². The minimum atomic E-state index is 0.648. The molecule has 0 N–H and O–H groups in total. The lowest BCUT2D eigenvalue weighted by molar-refractivity contribution is 0.141. The first-order chi connectivity index (χ1) is 9.72. The Balaban J connectivity index is 2.77. The minimum absolute atomic E-state index is 0.648. The molecular formula is C15H21BrN2O2. The molecule has 1 rings (SSSR count). The molecule has 0 fully saturated rings. The third-order valence-electron chi connectivity index (χ3n) is 2.84. The van der Waals surface area contributed by atoms with Crippen LogP contribution in [0.3, 0.4) is 0 Å². The maximum atomic E-state index is 8.91. The molecule has 0 aromatic heterocycles. The largest absolute Gasteiger partial charge is 0.380 e. The van der Waals surface area contributed by atoms with Gasteiger partial charge in [0.25, 0.3) is 0 Å². The Bertz CT molecular complexity index is 436. The first-order valence-electron chi connectivity index (χ1n) is 6.83. The molecular weight excluding hydrogens is 320 g/mol. The zero-order chi connectivity index (χ0) is 14.8. The van der Waals surface area contributed by atoms with E-state index in [1.165, 1.54) is 0 Å². The molecule has 0 bridgehead atoms. The van der Waals surface area contributed by atoms with Crippen LogP contribution in [0.25, 0.3) is 0 Å². The first-order valence-corrected chi connectivity index (χ1v) is 7.62. The van der Waals surface area contributed by atoms with Gasteiger partial charge in [0, 0.05) is 30.8 Å². The standard InChI is InChI=1S/C15H21BrN2O2/c1-3-19-9-7-18(8-10-20-4-2)15-6-5-13(12-17)11-14(15)16/h5-6,11H,3-4,7-10H2,1-2H3. The maximum Gasteiger partial charge on any atom is 0.0992 e. The molecule has 110 valence electrons. The molecule has 0 aliphatic carbocycles. The molecule has 1 aromatic rings. The smallest absolute Gasteiger partial charge is 0.0992 e. The molecule has 5 heteroatoms. The lowest BCUT2D eigenvalue weighted by Gasteiger charge is -2.25. The molecule has 4 nitrogen and oxygen atoms in total. The first kappa shape index (κ1) is 17.0. The Kier molecular flexibility index (Phi) is 8.28. The monoisotopic (exact) mass is 340 g/mol. The summed E-state index contributed by atoms with van der Waals surface area (Å²) in [6.07, 6.45) is 0. The van der Waals surface area contributed by atoms with Crippen LogP contribution in [0.4, 0.5) is 5.69 Å². The van der Waals surface area contributed by atoms with Crippen LogP contribution in [0.5, 0.6) is 0 Å². The van der Waals surface area contributed by atoms with Gasteiger partial charge >= 0.3 is 0 Å². The van der Waals surface area contributed by atoms with E-state index in [1.54, 1.807) is 0 Å². The second kappa shape index (κ2) is 9.76. The van der Waals surface area contributed by atoms with Crippen molar-refractivity contribution in [3.05, 3.63) is 28.2 Å². The average molecular weight is 341 g/mol. The fourth-order valence-corrected chi connectivity index (χ4v) is 2.45. The van der Waals surface area contributed by atoms with Crippen molar-refractivity contribution in [2.24, 2.45) is 0 Å². The fraction of sp³-hybridized carbons (Fsp3) is 0.533. The van der Waals surface area contributed by atoms with Crippen LogP contribution in [0.1, 0.15) is 19.4 Å². The second-order valence-electron chi connectivity index (χ2n) is 4.16. The van der Waals surface area contributed by atoms with Crippen LogP contribution in [0.2, 0.25) is 0 Å². The van der Waals surface area contributed by atoms with Crippen LogP contribution in [0, 0.1) is 11.3 Å². The van der Waals surface area contributed by atoms with Gasteiger partial charge in [0.2, 0.25) is 0 Å². The summed E-state index contributed by atoms with van der Waals surface area (Å²) in [6, 6.07) is 7.76. The van der Waals surface area contributed by atoms with Gasteiger partial charge in [0.15, 0.2) is 0 Å². The summed E-state index contributed by atoms with van der Waals surface area (Å²) in [7, 11) is 0. The zero-order valence-corrected chi connectivity index (χ0v) is 13.6. The Morgan fingerprint density at radius 2 is 1.75 bits per heavy atom. The number of nitrogens with zero attached hydrogens (tertiary/aromatic N) is 2. The van der Waals surface area contributed by atoms with Crippen molar-refractivity contribution in [1.29, 1.82) is 5.26 Å². The third-order valence-corrected chi connectivity index (χ3v) is 3.47. The minimum Gasteiger partial charge on any atom is -0.380 e. The van der Waals surface area contributed by atoms with Crippen molar-refractivity contribution in [3.8, 4) is 6.07 Å². The van der Waals surface area contributed by atoms with E-state index >= 15 is 0 Å². The lowest BCUT2D eigenvalue weighted by Crippen LogP contribution is -2.31. The van der Waals surface area contributed by atoms with E-state index < -0.39 is 0 Å². The molecule has 0 amide bonds. The predicted octanol–water partition coefficient (Wildman–Crippen LogP) is 3.20. The Hall–Kier alpha value is -1.09. The quantitative estimate of drug-likeness (QED) is 0.647. The van der Waals surface area contributed by atoms with E-state index in [2.05, 4.69) is 26.9 Å². The molecule has 0 heterocycles. The maximum absolute atomic E-state index is 8.91. The van der Waals surface area contributed by atoms with Gasteiger partial charge in [-0.05, 0) is 48.0 Å². The van der Waals surface area contributed by atoms with Crippen LogP contribution in [-0.2, 0) is 9.47 Å². The summed E-state index contributed by atoms with van der Waals surface area (Å²) >= 11 is 3.53. The Morgan fingerprint density at radius 3 is 2.20 bits per heavy atom. The average Bonchev–Trinajstić information content (AvgIpc) is 2.46. The molecule has 0 saturated carbocycles. The SMILES string of the molecule is CCOCCN(CCOCC)c1ccc(C#N)cc1Br. The van der Waals surface area contributed by atoms with Crippen LogP contribution >= 0.6 is 15.9 Å². The lowest BCUT2D eigenvalue weighted by atomic mass is 10.2. The van der Waals surface area contributed by atoms with Gasteiger partial charge in [0.1, 0.15) is 0 Å². The van der Waals surface area contributed by atoms with E-state index in [1.807, 2.05) is 32.0 Å². The van der Waals surface area contributed by atoms with Crippen LogP contribution in [0.15, 0.2) is 22.7 Å². The molecule has 0 unspecified atom stereocenters. The molecule has 0 radical (unpaired) electrons. The number of ether oxygens (including phenoxy) is 2. The highest BCUT2D eigenvalue weighted by molar-refractivity contribution is 9.10. The summed E-state index contributed by atoms with van der Waals surface area (Å²) in [5.41, 5.74) is 1.71. The fourth-order valence-electron chi connectivity index (χ4n) is 1.82. The third kappa shape index (κ3) is 5.49. The van der Waals surface area contributed by atoms with E-state index in [0.717, 1.165) is 23.2 Å². The normalized spacial score (nSPS) is 10.3. The Labute approximate surface area is 129 Å². The van der Waals surface area contributed by atoms with E-state index in [-0.39, 0.29) is 0 Å². The van der Waals surface area contributed by atoms with Gasteiger partial charge in [-0.1, -0.05) is 0 Å². The molecule has 0 aliphatic heterocycles. The molecule has 0 spiro atoms. The van der Waals surface area contributed by atoms with Crippen LogP contribution in [-0.4, -0.2) is 39.5 Å². The van der Waals surface area contributed by atoms with Gasteiger partial charge in [-0.3, -0.25) is 0 Å². The highest BCUT2D eigenvalue weighted by Gasteiger charge is 2.10. The number of rotatable bonds is 9. The molecule has 0 atom stereocenters. The summed E-state index contributed by atoms with van der Waals surface area (Å²) in [5.74, 6) is 0. The molecule has 1 aromatic carbocycles. The van der Waals surface area contributed by atoms with Crippen molar-refractivity contribution in [3.63, 3.8) is 0 Å². The van der Waals surface area contributed by atoms with E-state index in [0.29, 0.717) is 32.0 Å². The number of benzene rings is 1. The van der Waals surface area contributed by atoms with Gasteiger partial charge in [0.05, 0.1) is 30.5 Å². The van der Waals surface area contributed by atoms with Crippen molar-refractivity contribution in [2.45, 2.75) is 13.8 Å². The van der Waals surface area contributed by atoms with Crippen LogP contribution < -0.4 is 4.90 Å². The highest BCUT2D eigenvalue weighted by atomic mass is 79.9. The van der Waals surface area contributed by atoms with E-state index in [9.17, 15) is 0 Å². The number of anilines is 1. The summed E-state index contributed by atoms with van der Waals surface area (Å²) in [5, 5.41) is 8.91. The summed E-state index contributed by atoms with van der Waals surface area (Å²) in [4.78, 5) is 2.20. The van der Waals surface area contributed by atoms with Gasteiger partial charge < -0.3 is 14.4 Å². The van der Waals surface area contributed by atoms with Gasteiger partial charge in [-0.2, -0.15) is 5.26 Å². The molecule has 0 saturated heterocycles.